The van der Waals surface area contributed by atoms with E-state index in [2.05, 4.69) is 38.5 Å². The molecule has 108 valence electrons. The molecule has 7 heteroatoms. The van der Waals surface area contributed by atoms with E-state index < -0.39 is 11.6 Å². The molecule has 2 rings (SSSR count). The SMILES string of the molecule is CC1(OCC(=O)O)CN(C(=O)c2cc(I)ccc2Br)C1. The first-order chi connectivity index (χ1) is 9.31. The summed E-state index contributed by atoms with van der Waals surface area (Å²) in [5, 5.41) is 8.60. The van der Waals surface area contributed by atoms with Gasteiger partial charge in [-0.05, 0) is 63.6 Å². The van der Waals surface area contributed by atoms with Gasteiger partial charge in [-0.25, -0.2) is 4.79 Å². The summed E-state index contributed by atoms with van der Waals surface area (Å²) in [5.74, 6) is -1.08. The normalized spacial score (nSPS) is 16.6. The molecule has 0 bridgehead atoms. The van der Waals surface area contributed by atoms with Crippen LogP contribution in [0.15, 0.2) is 22.7 Å². The largest absolute Gasteiger partial charge is 0.480 e. The second kappa shape index (κ2) is 5.98. The van der Waals surface area contributed by atoms with Crippen molar-refractivity contribution in [1.29, 1.82) is 0 Å². The van der Waals surface area contributed by atoms with E-state index in [9.17, 15) is 9.59 Å². The molecule has 1 saturated heterocycles. The lowest BCUT2D eigenvalue weighted by molar-refractivity contribution is -0.159. The van der Waals surface area contributed by atoms with Gasteiger partial charge in [0.15, 0.2) is 0 Å². The van der Waals surface area contributed by atoms with Crippen LogP contribution in [0.1, 0.15) is 17.3 Å². The van der Waals surface area contributed by atoms with E-state index >= 15 is 0 Å². The van der Waals surface area contributed by atoms with Crippen LogP contribution in [0.2, 0.25) is 0 Å². The molecule has 1 N–H and O–H groups in total. The average Bonchev–Trinajstić information content (AvgIpc) is 2.35. The number of amides is 1. The van der Waals surface area contributed by atoms with Crippen molar-refractivity contribution in [1.82, 2.24) is 4.90 Å². The van der Waals surface area contributed by atoms with Gasteiger partial charge < -0.3 is 14.7 Å². The van der Waals surface area contributed by atoms with Crippen LogP contribution in [0, 0.1) is 3.57 Å². The van der Waals surface area contributed by atoms with Gasteiger partial charge in [0.1, 0.15) is 12.2 Å². The highest BCUT2D eigenvalue weighted by atomic mass is 127. The lowest BCUT2D eigenvalue weighted by atomic mass is 9.95. The summed E-state index contributed by atoms with van der Waals surface area (Å²) in [6.45, 7) is 2.27. The third-order valence-corrected chi connectivity index (χ3v) is 4.40. The Labute approximate surface area is 138 Å². The molecule has 1 aliphatic rings. The number of carboxylic acid groups (broad SMARTS) is 1. The molecule has 1 heterocycles. The molecule has 20 heavy (non-hydrogen) atoms. The molecule has 1 aromatic carbocycles. The first-order valence-corrected chi connectivity index (χ1v) is 7.78. The van der Waals surface area contributed by atoms with Crippen LogP contribution < -0.4 is 0 Å². The highest BCUT2D eigenvalue weighted by Gasteiger charge is 2.43. The minimum atomic E-state index is -1.00. The molecule has 0 aliphatic carbocycles. The number of hydrogen-bond donors (Lipinski definition) is 1. The van der Waals surface area contributed by atoms with Gasteiger partial charge in [0.25, 0.3) is 5.91 Å². The molecule has 1 amide bonds. The second-order valence-corrected chi connectivity index (χ2v) is 7.02. The summed E-state index contributed by atoms with van der Waals surface area (Å²) in [5.41, 5.74) is 0.0415. The van der Waals surface area contributed by atoms with Crippen LogP contribution in [0.4, 0.5) is 0 Å². The maximum atomic E-state index is 12.3. The lowest BCUT2D eigenvalue weighted by Crippen LogP contribution is -2.63. The standard InChI is InChI=1S/C13H13BrINO4/c1-13(20-5-11(17)18)6-16(7-13)12(19)9-4-8(15)2-3-10(9)14/h2-4H,5-7H2,1H3,(H,17,18). The van der Waals surface area contributed by atoms with Crippen LogP contribution in [-0.4, -0.2) is 47.2 Å². The molecular formula is C13H13BrINO4. The molecule has 0 atom stereocenters. The van der Waals surface area contributed by atoms with E-state index in [1.165, 1.54) is 0 Å². The maximum Gasteiger partial charge on any atom is 0.329 e. The number of rotatable bonds is 4. The van der Waals surface area contributed by atoms with Crippen LogP contribution in [0.5, 0.6) is 0 Å². The molecule has 1 aliphatic heterocycles. The lowest BCUT2D eigenvalue weighted by Gasteiger charge is -2.47. The molecule has 0 unspecified atom stereocenters. The Kier molecular flexibility index (Phi) is 4.70. The highest BCUT2D eigenvalue weighted by molar-refractivity contribution is 14.1. The molecule has 0 spiro atoms. The van der Waals surface area contributed by atoms with Gasteiger partial charge in [0.05, 0.1) is 18.7 Å². The Morgan fingerprint density at radius 1 is 1.50 bits per heavy atom. The predicted octanol–water partition coefficient (Wildman–Crippen LogP) is 2.37. The number of ether oxygens (including phenoxy) is 1. The van der Waals surface area contributed by atoms with Crippen molar-refractivity contribution in [3.05, 3.63) is 31.8 Å². The van der Waals surface area contributed by atoms with Gasteiger partial charge in [-0.3, -0.25) is 4.79 Å². The topological polar surface area (TPSA) is 66.8 Å². The number of aliphatic carboxylic acids is 1. The number of likely N-dealkylation sites (tertiary alicyclic amines) is 1. The Hall–Kier alpha value is -0.670. The highest BCUT2D eigenvalue weighted by Crippen LogP contribution is 2.29. The van der Waals surface area contributed by atoms with E-state index in [1.807, 2.05) is 25.1 Å². The number of hydrogen-bond acceptors (Lipinski definition) is 3. The molecule has 0 aromatic heterocycles. The number of carboxylic acids is 1. The fraction of sp³-hybridized carbons (Fsp3) is 0.385. The summed E-state index contributed by atoms with van der Waals surface area (Å²) < 4.78 is 7.03. The van der Waals surface area contributed by atoms with Crippen molar-refractivity contribution < 1.29 is 19.4 Å². The van der Waals surface area contributed by atoms with Gasteiger partial charge in [0.2, 0.25) is 0 Å². The Morgan fingerprint density at radius 3 is 2.75 bits per heavy atom. The van der Waals surface area contributed by atoms with Crippen LogP contribution in [0.3, 0.4) is 0 Å². The first-order valence-electron chi connectivity index (χ1n) is 5.91. The zero-order chi connectivity index (χ0) is 14.9. The van der Waals surface area contributed by atoms with Gasteiger partial charge in [-0.15, -0.1) is 0 Å². The van der Waals surface area contributed by atoms with Crippen molar-refractivity contribution in [2.75, 3.05) is 19.7 Å². The zero-order valence-electron chi connectivity index (χ0n) is 10.7. The minimum Gasteiger partial charge on any atom is -0.480 e. The van der Waals surface area contributed by atoms with E-state index in [0.29, 0.717) is 18.7 Å². The van der Waals surface area contributed by atoms with Crippen LogP contribution in [0.25, 0.3) is 0 Å². The molecule has 1 fully saturated rings. The number of carbonyl (C=O) groups excluding carboxylic acids is 1. The van der Waals surface area contributed by atoms with E-state index in [4.69, 9.17) is 9.84 Å². The van der Waals surface area contributed by atoms with Gasteiger partial charge in [-0.1, -0.05) is 0 Å². The van der Waals surface area contributed by atoms with Gasteiger partial charge in [0, 0.05) is 8.04 Å². The summed E-state index contributed by atoms with van der Waals surface area (Å²) in [4.78, 5) is 24.5. The number of nitrogens with zero attached hydrogens (tertiary/aromatic N) is 1. The average molecular weight is 454 g/mol. The van der Waals surface area contributed by atoms with E-state index in [1.54, 1.807) is 4.90 Å². The number of carbonyl (C=O) groups is 2. The van der Waals surface area contributed by atoms with E-state index in [-0.39, 0.29) is 12.5 Å². The smallest absolute Gasteiger partial charge is 0.329 e. The van der Waals surface area contributed by atoms with Crippen molar-refractivity contribution in [2.45, 2.75) is 12.5 Å². The predicted molar refractivity (Wildman–Crippen MR) is 84.8 cm³/mol. The van der Waals surface area contributed by atoms with Crippen molar-refractivity contribution >= 4 is 50.4 Å². The third kappa shape index (κ3) is 3.50. The Morgan fingerprint density at radius 2 is 2.15 bits per heavy atom. The maximum absolute atomic E-state index is 12.3. The molecule has 0 saturated carbocycles. The molecule has 1 aromatic rings. The molecular weight excluding hydrogens is 441 g/mol. The number of halogens is 2. The van der Waals surface area contributed by atoms with Gasteiger partial charge >= 0.3 is 5.97 Å². The quantitative estimate of drug-likeness (QED) is 0.711. The first kappa shape index (κ1) is 15.7. The summed E-state index contributed by atoms with van der Waals surface area (Å²) >= 11 is 5.53. The third-order valence-electron chi connectivity index (χ3n) is 3.04. The summed E-state index contributed by atoms with van der Waals surface area (Å²) in [6, 6.07) is 5.58. The fourth-order valence-electron chi connectivity index (χ4n) is 2.06. The minimum absolute atomic E-state index is 0.0770. The van der Waals surface area contributed by atoms with Crippen LogP contribution in [-0.2, 0) is 9.53 Å². The van der Waals surface area contributed by atoms with Gasteiger partial charge in [-0.2, -0.15) is 0 Å². The summed E-state index contributed by atoms with van der Waals surface area (Å²) in [7, 11) is 0. The molecule has 0 radical (unpaired) electrons. The fourth-order valence-corrected chi connectivity index (χ4v) is 2.97. The second-order valence-electron chi connectivity index (χ2n) is 4.92. The Balaban J connectivity index is 2.00. The molecule has 5 nitrogen and oxygen atoms in total. The van der Waals surface area contributed by atoms with Crippen LogP contribution >= 0.6 is 38.5 Å². The van der Waals surface area contributed by atoms with E-state index in [0.717, 1.165) is 8.04 Å². The zero-order valence-corrected chi connectivity index (χ0v) is 14.5. The van der Waals surface area contributed by atoms with Crippen molar-refractivity contribution in [3.8, 4) is 0 Å². The Bertz CT molecular complexity index is 557. The summed E-state index contributed by atoms with van der Waals surface area (Å²) in [6.07, 6.45) is 0. The van der Waals surface area contributed by atoms with Crippen molar-refractivity contribution in [2.24, 2.45) is 0 Å². The van der Waals surface area contributed by atoms with Crippen molar-refractivity contribution in [3.63, 3.8) is 0 Å². The monoisotopic (exact) mass is 453 g/mol. The number of benzene rings is 1.